The topological polar surface area (TPSA) is 100 Å². The third kappa shape index (κ3) is 8.00. The zero-order valence-corrected chi connectivity index (χ0v) is 17.9. The van der Waals surface area contributed by atoms with Crippen LogP contribution in [0.4, 0.5) is 5.69 Å². The molecule has 31 heavy (non-hydrogen) atoms. The summed E-state index contributed by atoms with van der Waals surface area (Å²) in [4.78, 5) is 35.1. The smallest absolute Gasteiger partial charge is 0.309 e. The van der Waals surface area contributed by atoms with Crippen LogP contribution in [0.15, 0.2) is 42.5 Å². The van der Waals surface area contributed by atoms with Crippen LogP contribution in [0, 0.1) is 0 Å². The number of anilines is 1. The van der Waals surface area contributed by atoms with Gasteiger partial charge >= 0.3 is 5.97 Å². The fraction of sp³-hybridized carbons (Fsp3) is 0.348. The van der Waals surface area contributed by atoms with Crippen molar-refractivity contribution in [3.8, 4) is 17.2 Å². The van der Waals surface area contributed by atoms with Crippen LogP contribution in [0.5, 0.6) is 17.2 Å². The molecule has 0 atom stereocenters. The fourth-order valence-corrected chi connectivity index (χ4v) is 2.58. The fourth-order valence-electron chi connectivity index (χ4n) is 2.58. The minimum atomic E-state index is -0.558. The molecule has 1 N–H and O–H groups in total. The Morgan fingerprint density at radius 1 is 0.871 bits per heavy atom. The van der Waals surface area contributed by atoms with Crippen LogP contribution in [0.1, 0.15) is 37.6 Å². The lowest BCUT2D eigenvalue weighted by Gasteiger charge is -2.13. The Kier molecular flexibility index (Phi) is 9.35. The molecule has 0 saturated heterocycles. The van der Waals surface area contributed by atoms with Crippen LogP contribution >= 0.6 is 0 Å². The lowest BCUT2D eigenvalue weighted by molar-refractivity contribution is -0.147. The van der Waals surface area contributed by atoms with Gasteiger partial charge in [0, 0.05) is 17.3 Å². The number of ketones is 1. The molecule has 0 fully saturated rings. The normalized spacial score (nSPS) is 10.2. The van der Waals surface area contributed by atoms with E-state index in [4.69, 9.17) is 18.9 Å². The van der Waals surface area contributed by atoms with E-state index >= 15 is 0 Å². The van der Waals surface area contributed by atoms with Crippen molar-refractivity contribution in [2.45, 2.75) is 27.2 Å². The summed E-state index contributed by atoms with van der Waals surface area (Å²) in [5.74, 6) is 0.583. The predicted octanol–water partition coefficient (Wildman–Crippen LogP) is 3.64. The highest BCUT2D eigenvalue weighted by Crippen LogP contribution is 2.30. The van der Waals surface area contributed by atoms with Crippen molar-refractivity contribution < 1.29 is 33.3 Å². The first kappa shape index (κ1) is 23.7. The second-order valence-electron chi connectivity index (χ2n) is 6.42. The second kappa shape index (κ2) is 12.2. The summed E-state index contributed by atoms with van der Waals surface area (Å²) in [6, 6.07) is 11.6. The van der Waals surface area contributed by atoms with Gasteiger partial charge in [0.25, 0.3) is 5.91 Å². The molecule has 1 amide bonds. The van der Waals surface area contributed by atoms with Gasteiger partial charge in [-0.25, -0.2) is 0 Å². The summed E-state index contributed by atoms with van der Waals surface area (Å²) in [7, 11) is 0. The maximum absolute atomic E-state index is 12.1. The number of carbonyl (C=O) groups excluding carboxylic acids is 3. The van der Waals surface area contributed by atoms with Crippen molar-refractivity contribution in [1.82, 2.24) is 0 Å². The maximum Gasteiger partial charge on any atom is 0.309 e. The van der Waals surface area contributed by atoms with Crippen LogP contribution in [0.25, 0.3) is 0 Å². The van der Waals surface area contributed by atoms with Gasteiger partial charge in [0.05, 0.1) is 26.2 Å². The zero-order valence-electron chi connectivity index (χ0n) is 17.9. The standard InChI is InChI=1S/C23H27NO7/c1-4-28-20-11-8-18(14-21(20)29-5-2)24-22(26)15-31-23(27)12-13-30-19-9-6-17(7-10-19)16(3)25/h6-11,14H,4-5,12-13,15H2,1-3H3,(H,24,26). The quantitative estimate of drug-likeness (QED) is 0.406. The first-order valence-electron chi connectivity index (χ1n) is 10.0. The van der Waals surface area contributed by atoms with E-state index in [2.05, 4.69) is 5.32 Å². The Balaban J connectivity index is 1.74. The molecule has 0 aromatic heterocycles. The molecule has 0 aliphatic heterocycles. The Morgan fingerprint density at radius 2 is 1.55 bits per heavy atom. The van der Waals surface area contributed by atoms with Crippen molar-refractivity contribution in [3.63, 3.8) is 0 Å². The van der Waals surface area contributed by atoms with Gasteiger partial charge in [-0.3, -0.25) is 14.4 Å². The van der Waals surface area contributed by atoms with Crippen molar-refractivity contribution in [1.29, 1.82) is 0 Å². The van der Waals surface area contributed by atoms with Gasteiger partial charge in [-0.2, -0.15) is 0 Å². The van der Waals surface area contributed by atoms with Gasteiger partial charge in [0.1, 0.15) is 5.75 Å². The highest BCUT2D eigenvalue weighted by molar-refractivity contribution is 5.94. The largest absolute Gasteiger partial charge is 0.493 e. The number of hydrogen-bond acceptors (Lipinski definition) is 7. The van der Waals surface area contributed by atoms with Gasteiger partial charge in [-0.15, -0.1) is 0 Å². The van der Waals surface area contributed by atoms with Crippen molar-refractivity contribution >= 4 is 23.3 Å². The molecule has 0 radical (unpaired) electrons. The molecular formula is C23H27NO7. The monoisotopic (exact) mass is 429 g/mol. The van der Waals surface area contributed by atoms with Crippen LogP contribution in [-0.2, 0) is 14.3 Å². The minimum absolute atomic E-state index is 0.0146. The summed E-state index contributed by atoms with van der Waals surface area (Å²) < 4.78 is 21.4. The lowest BCUT2D eigenvalue weighted by atomic mass is 10.1. The molecule has 0 spiro atoms. The summed E-state index contributed by atoms with van der Waals surface area (Å²) in [6.07, 6.45) is -0.0146. The van der Waals surface area contributed by atoms with E-state index in [1.807, 2.05) is 13.8 Å². The molecule has 8 heteroatoms. The molecule has 0 unspecified atom stereocenters. The highest BCUT2D eigenvalue weighted by atomic mass is 16.5. The van der Waals surface area contributed by atoms with E-state index < -0.39 is 18.5 Å². The lowest BCUT2D eigenvalue weighted by Crippen LogP contribution is -2.21. The van der Waals surface area contributed by atoms with E-state index in [9.17, 15) is 14.4 Å². The maximum atomic E-state index is 12.1. The van der Waals surface area contributed by atoms with E-state index in [-0.39, 0.29) is 18.8 Å². The molecule has 8 nitrogen and oxygen atoms in total. The molecule has 0 heterocycles. The summed E-state index contributed by atoms with van der Waals surface area (Å²) in [5.41, 5.74) is 1.09. The van der Waals surface area contributed by atoms with E-state index in [0.29, 0.717) is 41.7 Å². The molecule has 0 aliphatic rings. The van der Waals surface area contributed by atoms with E-state index in [0.717, 1.165) is 0 Å². The van der Waals surface area contributed by atoms with Gasteiger partial charge in [0.15, 0.2) is 23.9 Å². The van der Waals surface area contributed by atoms with Crippen LogP contribution < -0.4 is 19.5 Å². The van der Waals surface area contributed by atoms with Gasteiger partial charge in [-0.1, -0.05) is 0 Å². The number of hydrogen-bond donors (Lipinski definition) is 1. The Labute approximate surface area is 181 Å². The first-order valence-corrected chi connectivity index (χ1v) is 10.0. The van der Waals surface area contributed by atoms with Crippen molar-refractivity contribution in [3.05, 3.63) is 48.0 Å². The number of nitrogens with one attached hydrogen (secondary N) is 1. The molecule has 2 aromatic rings. The SMILES string of the molecule is CCOc1ccc(NC(=O)COC(=O)CCOc2ccc(C(C)=O)cc2)cc1OCC. The second-order valence-corrected chi connectivity index (χ2v) is 6.42. The Bertz CT molecular complexity index is 893. The molecule has 2 aromatic carbocycles. The number of rotatable bonds is 12. The number of amides is 1. The average Bonchev–Trinajstić information content (AvgIpc) is 2.75. The highest BCUT2D eigenvalue weighted by Gasteiger charge is 2.11. The molecule has 0 bridgehead atoms. The predicted molar refractivity (Wildman–Crippen MR) is 115 cm³/mol. The number of benzene rings is 2. The van der Waals surface area contributed by atoms with E-state index in [1.54, 1.807) is 42.5 Å². The number of ether oxygens (including phenoxy) is 4. The summed E-state index contributed by atoms with van der Waals surface area (Å²) in [6.45, 7) is 5.84. The molecule has 0 saturated carbocycles. The van der Waals surface area contributed by atoms with Crippen LogP contribution in [0.2, 0.25) is 0 Å². The van der Waals surface area contributed by atoms with Crippen molar-refractivity contribution in [2.75, 3.05) is 31.7 Å². The minimum Gasteiger partial charge on any atom is -0.493 e. The van der Waals surface area contributed by atoms with Crippen LogP contribution in [0.3, 0.4) is 0 Å². The summed E-state index contributed by atoms with van der Waals surface area (Å²) in [5, 5.41) is 2.65. The zero-order chi connectivity index (χ0) is 22.6. The first-order chi connectivity index (χ1) is 14.9. The number of carbonyl (C=O) groups is 3. The van der Waals surface area contributed by atoms with Crippen LogP contribution in [-0.4, -0.2) is 44.1 Å². The molecular weight excluding hydrogens is 402 g/mol. The Morgan fingerprint density at radius 3 is 2.19 bits per heavy atom. The van der Waals surface area contributed by atoms with Gasteiger partial charge < -0.3 is 24.3 Å². The number of Topliss-reactive ketones (excluding diaryl/α,β-unsaturated/α-hetero) is 1. The molecule has 2 rings (SSSR count). The third-order valence-electron chi connectivity index (χ3n) is 4.03. The summed E-state index contributed by atoms with van der Waals surface area (Å²) >= 11 is 0. The van der Waals surface area contributed by atoms with Gasteiger partial charge in [-0.05, 0) is 57.2 Å². The average molecular weight is 429 g/mol. The number of esters is 1. The van der Waals surface area contributed by atoms with E-state index in [1.165, 1.54) is 6.92 Å². The molecule has 166 valence electrons. The molecule has 0 aliphatic carbocycles. The van der Waals surface area contributed by atoms with Crippen molar-refractivity contribution in [2.24, 2.45) is 0 Å². The van der Waals surface area contributed by atoms with Gasteiger partial charge in [0.2, 0.25) is 0 Å². The third-order valence-corrected chi connectivity index (χ3v) is 4.03. The Hall–Kier alpha value is -3.55.